The predicted octanol–water partition coefficient (Wildman–Crippen LogP) is 2.86. The van der Waals surface area contributed by atoms with Crippen LogP contribution < -0.4 is 0 Å². The largest absolute Gasteiger partial charge is 0.458 e. The van der Waals surface area contributed by atoms with Gasteiger partial charge in [0.2, 0.25) is 0 Å². The molecule has 1 aromatic heterocycles. The topological polar surface area (TPSA) is 39.2 Å². The summed E-state index contributed by atoms with van der Waals surface area (Å²) in [5.74, 6) is 2.74. The van der Waals surface area contributed by atoms with E-state index in [4.69, 9.17) is 4.74 Å². The maximum Gasteiger partial charge on any atom is 0.340 e. The zero-order valence-electron chi connectivity index (χ0n) is 9.72. The fourth-order valence-electron chi connectivity index (χ4n) is 1.56. The first-order chi connectivity index (χ1) is 8.29. The van der Waals surface area contributed by atoms with Crippen molar-refractivity contribution in [3.8, 4) is 0 Å². The van der Waals surface area contributed by atoms with Crippen LogP contribution in [0.15, 0.2) is 23.4 Å². The summed E-state index contributed by atoms with van der Waals surface area (Å²) in [5.41, 5.74) is 0.544. The molecule has 1 atom stereocenters. The van der Waals surface area contributed by atoms with Crippen LogP contribution in [0.1, 0.15) is 23.7 Å². The molecule has 0 N–H and O–H groups in total. The quantitative estimate of drug-likeness (QED) is 0.621. The molecule has 5 heteroatoms. The van der Waals surface area contributed by atoms with Crippen LogP contribution in [0.5, 0.6) is 0 Å². The number of aromatic nitrogens is 1. The Labute approximate surface area is 110 Å². The lowest BCUT2D eigenvalue weighted by Crippen LogP contribution is -2.17. The van der Waals surface area contributed by atoms with Crippen LogP contribution in [-0.4, -0.2) is 34.3 Å². The number of hydrogen-bond acceptors (Lipinski definition) is 5. The summed E-state index contributed by atoms with van der Waals surface area (Å²) >= 11 is 3.49. The Kier molecular flexibility index (Phi) is 4.74. The van der Waals surface area contributed by atoms with Gasteiger partial charge in [0.1, 0.15) is 6.10 Å². The Morgan fingerprint density at radius 1 is 1.65 bits per heavy atom. The van der Waals surface area contributed by atoms with E-state index in [1.807, 2.05) is 17.8 Å². The number of thioether (sulfide) groups is 2. The van der Waals surface area contributed by atoms with Crippen molar-refractivity contribution < 1.29 is 9.53 Å². The molecule has 0 aromatic carbocycles. The highest BCUT2D eigenvalue weighted by molar-refractivity contribution is 7.99. The van der Waals surface area contributed by atoms with E-state index in [-0.39, 0.29) is 12.1 Å². The first kappa shape index (κ1) is 12.8. The molecule has 0 bridgehead atoms. The van der Waals surface area contributed by atoms with E-state index < -0.39 is 0 Å². The first-order valence-electron chi connectivity index (χ1n) is 5.67. The third-order valence-corrected chi connectivity index (χ3v) is 4.38. The Balaban J connectivity index is 1.93. The zero-order valence-corrected chi connectivity index (χ0v) is 11.4. The number of rotatable bonds is 4. The molecule has 1 fully saturated rings. The second-order valence-corrected chi connectivity index (χ2v) is 6.14. The molecule has 92 valence electrons. The first-order valence-corrected chi connectivity index (χ1v) is 7.81. The molecule has 17 heavy (non-hydrogen) atoms. The SMILES string of the molecule is CCSc1ccc(C(=O)O[C@H]2CCSC2)cn1. The molecule has 1 saturated heterocycles. The highest BCUT2D eigenvalue weighted by Gasteiger charge is 2.20. The summed E-state index contributed by atoms with van der Waals surface area (Å²) in [4.78, 5) is 16.0. The van der Waals surface area contributed by atoms with E-state index in [1.165, 1.54) is 0 Å². The van der Waals surface area contributed by atoms with Gasteiger partial charge in [-0.05, 0) is 30.1 Å². The van der Waals surface area contributed by atoms with E-state index in [0.717, 1.165) is 28.7 Å². The molecule has 0 unspecified atom stereocenters. The molecule has 0 amide bonds. The lowest BCUT2D eigenvalue weighted by Gasteiger charge is -2.10. The van der Waals surface area contributed by atoms with Crippen LogP contribution in [0.2, 0.25) is 0 Å². The zero-order chi connectivity index (χ0) is 12.1. The van der Waals surface area contributed by atoms with E-state index in [9.17, 15) is 4.79 Å². The van der Waals surface area contributed by atoms with Crippen LogP contribution in [0, 0.1) is 0 Å². The van der Waals surface area contributed by atoms with Gasteiger partial charge in [-0.1, -0.05) is 6.92 Å². The third kappa shape index (κ3) is 3.64. The van der Waals surface area contributed by atoms with E-state index in [2.05, 4.69) is 11.9 Å². The molecule has 1 aromatic rings. The van der Waals surface area contributed by atoms with Crippen molar-refractivity contribution in [1.29, 1.82) is 0 Å². The summed E-state index contributed by atoms with van der Waals surface area (Å²) in [6.07, 6.45) is 2.65. The number of hydrogen-bond donors (Lipinski definition) is 0. The molecule has 2 rings (SSSR count). The van der Waals surface area contributed by atoms with Crippen LogP contribution in [0.4, 0.5) is 0 Å². The average Bonchev–Trinajstić information content (AvgIpc) is 2.83. The molecule has 1 aliphatic heterocycles. The Hall–Kier alpha value is -0.680. The van der Waals surface area contributed by atoms with Gasteiger partial charge in [-0.15, -0.1) is 11.8 Å². The van der Waals surface area contributed by atoms with Gasteiger partial charge in [0, 0.05) is 11.9 Å². The molecule has 0 saturated carbocycles. The van der Waals surface area contributed by atoms with Crippen molar-refractivity contribution in [3.05, 3.63) is 23.9 Å². The van der Waals surface area contributed by atoms with Crippen molar-refractivity contribution in [2.45, 2.75) is 24.5 Å². The van der Waals surface area contributed by atoms with Crippen molar-refractivity contribution in [2.24, 2.45) is 0 Å². The highest BCUT2D eigenvalue weighted by atomic mass is 32.2. The molecular weight excluding hydrogens is 254 g/mol. The molecule has 0 aliphatic carbocycles. The summed E-state index contributed by atoms with van der Waals surface area (Å²) in [5, 5.41) is 0.945. The van der Waals surface area contributed by atoms with Gasteiger partial charge in [0.15, 0.2) is 0 Å². The number of carbonyl (C=O) groups excluding carboxylic acids is 1. The lowest BCUT2D eigenvalue weighted by atomic mass is 10.3. The lowest BCUT2D eigenvalue weighted by molar-refractivity contribution is 0.0356. The fraction of sp³-hybridized carbons (Fsp3) is 0.500. The van der Waals surface area contributed by atoms with Gasteiger partial charge >= 0.3 is 5.97 Å². The van der Waals surface area contributed by atoms with Gasteiger partial charge in [-0.2, -0.15) is 11.8 Å². The van der Waals surface area contributed by atoms with E-state index >= 15 is 0 Å². The standard InChI is InChI=1S/C12H15NO2S2/c1-2-17-11-4-3-9(7-13-11)12(14)15-10-5-6-16-8-10/h3-4,7,10H,2,5-6,8H2,1H3/t10-/m0/s1. The van der Waals surface area contributed by atoms with E-state index in [1.54, 1.807) is 24.0 Å². The molecule has 1 aliphatic rings. The summed E-state index contributed by atoms with van der Waals surface area (Å²) in [6, 6.07) is 3.66. The minimum absolute atomic E-state index is 0.0807. The number of nitrogens with zero attached hydrogens (tertiary/aromatic N) is 1. The summed E-state index contributed by atoms with van der Waals surface area (Å²) < 4.78 is 5.39. The molecule has 3 nitrogen and oxygen atoms in total. The van der Waals surface area contributed by atoms with Gasteiger partial charge in [0.05, 0.1) is 10.6 Å². The van der Waals surface area contributed by atoms with Crippen LogP contribution in [-0.2, 0) is 4.74 Å². The monoisotopic (exact) mass is 269 g/mol. The maximum atomic E-state index is 11.8. The molecule has 2 heterocycles. The normalized spacial score (nSPS) is 19.2. The predicted molar refractivity (Wildman–Crippen MR) is 71.8 cm³/mol. The van der Waals surface area contributed by atoms with Crippen LogP contribution in [0.3, 0.4) is 0 Å². The van der Waals surface area contributed by atoms with Gasteiger partial charge in [-0.3, -0.25) is 0 Å². The molecule has 0 spiro atoms. The summed E-state index contributed by atoms with van der Waals surface area (Å²) in [6.45, 7) is 2.08. The second-order valence-electron chi connectivity index (χ2n) is 3.71. The van der Waals surface area contributed by atoms with Crippen molar-refractivity contribution in [3.63, 3.8) is 0 Å². The average molecular weight is 269 g/mol. The number of carbonyl (C=O) groups is 1. The number of esters is 1. The minimum atomic E-state index is -0.252. The van der Waals surface area contributed by atoms with Crippen molar-refractivity contribution >= 4 is 29.5 Å². The molecular formula is C12H15NO2S2. The Morgan fingerprint density at radius 3 is 3.12 bits per heavy atom. The van der Waals surface area contributed by atoms with Gasteiger partial charge in [0.25, 0.3) is 0 Å². The Morgan fingerprint density at radius 2 is 2.53 bits per heavy atom. The van der Waals surface area contributed by atoms with Gasteiger partial charge in [-0.25, -0.2) is 9.78 Å². The third-order valence-electron chi connectivity index (χ3n) is 2.43. The highest BCUT2D eigenvalue weighted by Crippen LogP contribution is 2.21. The molecule has 0 radical (unpaired) electrons. The number of pyridine rings is 1. The smallest absolute Gasteiger partial charge is 0.340 e. The van der Waals surface area contributed by atoms with Crippen molar-refractivity contribution in [1.82, 2.24) is 4.98 Å². The second kappa shape index (κ2) is 6.31. The fourth-order valence-corrected chi connectivity index (χ4v) is 3.24. The Bertz CT molecular complexity index is 375. The van der Waals surface area contributed by atoms with E-state index in [0.29, 0.717) is 5.56 Å². The summed E-state index contributed by atoms with van der Waals surface area (Å²) in [7, 11) is 0. The van der Waals surface area contributed by atoms with Crippen molar-refractivity contribution in [2.75, 3.05) is 17.3 Å². The minimum Gasteiger partial charge on any atom is -0.458 e. The van der Waals surface area contributed by atoms with Gasteiger partial charge < -0.3 is 4.74 Å². The maximum absolute atomic E-state index is 11.8. The van der Waals surface area contributed by atoms with Crippen LogP contribution >= 0.6 is 23.5 Å². The number of ether oxygens (including phenoxy) is 1. The van der Waals surface area contributed by atoms with Crippen LogP contribution in [0.25, 0.3) is 0 Å².